The zero-order valence-electron chi connectivity index (χ0n) is 16.9. The maximum absolute atomic E-state index is 13.0. The molecule has 2 amide bonds. The average molecular weight is 405 g/mol. The van der Waals surface area contributed by atoms with Crippen molar-refractivity contribution in [2.45, 2.75) is 26.3 Å². The molecular formula is C22H23N5O3. The molecule has 8 nitrogen and oxygen atoms in total. The third-order valence-electron chi connectivity index (χ3n) is 4.95. The second kappa shape index (κ2) is 8.36. The Morgan fingerprint density at radius 3 is 2.70 bits per heavy atom. The van der Waals surface area contributed by atoms with Crippen LogP contribution < -0.4 is 5.32 Å². The number of carbonyl (C=O) groups excluding carboxylic acids is 2. The maximum atomic E-state index is 13.0. The van der Waals surface area contributed by atoms with Crippen molar-refractivity contribution in [2.24, 2.45) is 0 Å². The van der Waals surface area contributed by atoms with E-state index in [1.54, 1.807) is 21.8 Å². The van der Waals surface area contributed by atoms with Gasteiger partial charge in [-0.25, -0.2) is 9.78 Å². The first-order chi connectivity index (χ1) is 14.5. The van der Waals surface area contributed by atoms with E-state index in [1.807, 2.05) is 56.3 Å². The van der Waals surface area contributed by atoms with Crippen molar-refractivity contribution in [1.82, 2.24) is 19.7 Å². The summed E-state index contributed by atoms with van der Waals surface area (Å²) in [5, 5.41) is 7.39. The number of aromatic nitrogens is 3. The van der Waals surface area contributed by atoms with Crippen LogP contribution in [-0.2, 0) is 9.53 Å². The molecule has 8 heteroatoms. The lowest BCUT2D eigenvalue weighted by molar-refractivity contribution is -0.117. The second-order valence-corrected chi connectivity index (χ2v) is 7.26. The predicted molar refractivity (Wildman–Crippen MR) is 111 cm³/mol. The van der Waals surface area contributed by atoms with E-state index in [-0.39, 0.29) is 12.3 Å². The molecule has 3 heterocycles. The average Bonchev–Trinajstić information content (AvgIpc) is 3.32. The number of nitrogens with one attached hydrogen (secondary N) is 1. The van der Waals surface area contributed by atoms with E-state index in [0.717, 1.165) is 16.8 Å². The van der Waals surface area contributed by atoms with Crippen LogP contribution in [-0.4, -0.2) is 44.8 Å². The Hall–Kier alpha value is -3.68. The number of aryl methyl sites for hydroxylation is 2. The minimum absolute atomic E-state index is 0.102. The lowest BCUT2D eigenvalue weighted by atomic mass is 10.0. The molecule has 0 saturated carbocycles. The van der Waals surface area contributed by atoms with E-state index in [2.05, 4.69) is 15.4 Å². The molecule has 0 aliphatic carbocycles. The summed E-state index contributed by atoms with van der Waals surface area (Å²) < 4.78 is 6.71. The summed E-state index contributed by atoms with van der Waals surface area (Å²) in [7, 11) is 0. The number of ether oxygens (including phenoxy) is 1. The molecule has 1 aliphatic heterocycles. The maximum Gasteiger partial charge on any atom is 0.410 e. The van der Waals surface area contributed by atoms with Gasteiger partial charge in [-0.1, -0.05) is 30.3 Å². The van der Waals surface area contributed by atoms with Crippen molar-refractivity contribution in [1.29, 1.82) is 0 Å². The number of hydrogen-bond donors (Lipinski definition) is 1. The summed E-state index contributed by atoms with van der Waals surface area (Å²) in [5.41, 5.74) is 2.69. The highest BCUT2D eigenvalue weighted by Crippen LogP contribution is 2.28. The van der Waals surface area contributed by atoms with Crippen molar-refractivity contribution in [3.63, 3.8) is 0 Å². The molecule has 0 radical (unpaired) electrons. The van der Waals surface area contributed by atoms with E-state index in [9.17, 15) is 9.59 Å². The van der Waals surface area contributed by atoms with Crippen molar-refractivity contribution >= 4 is 17.8 Å². The summed E-state index contributed by atoms with van der Waals surface area (Å²) in [4.78, 5) is 31.1. The Morgan fingerprint density at radius 2 is 2.00 bits per heavy atom. The van der Waals surface area contributed by atoms with Gasteiger partial charge < -0.3 is 10.1 Å². The topological polar surface area (TPSA) is 89.3 Å². The second-order valence-electron chi connectivity index (χ2n) is 7.26. The van der Waals surface area contributed by atoms with E-state index in [4.69, 9.17) is 4.74 Å². The lowest BCUT2D eigenvalue weighted by Gasteiger charge is -2.25. The van der Waals surface area contributed by atoms with Gasteiger partial charge in [-0.05, 0) is 37.1 Å². The molecule has 30 heavy (non-hydrogen) atoms. The highest BCUT2D eigenvalue weighted by molar-refractivity contribution is 5.91. The van der Waals surface area contributed by atoms with Gasteiger partial charge in [0.15, 0.2) is 5.82 Å². The zero-order chi connectivity index (χ0) is 21.1. The SMILES string of the molecule is Cc1ccnc(-n2nc(C)cc2NC(=O)CC(c2ccccc2)N2CCOC2=O)c1. The molecule has 154 valence electrons. The van der Waals surface area contributed by atoms with Crippen molar-refractivity contribution in [2.75, 3.05) is 18.5 Å². The quantitative estimate of drug-likeness (QED) is 0.679. The number of cyclic esters (lactones) is 1. The smallest absolute Gasteiger partial charge is 0.410 e. The molecule has 2 aromatic heterocycles. The summed E-state index contributed by atoms with van der Waals surface area (Å²) in [6, 6.07) is 14.7. The standard InChI is InChI=1S/C22H23N5O3/c1-15-8-9-23-19(12-15)27-20(13-16(2)25-27)24-21(28)14-18(17-6-4-3-5-7-17)26-10-11-30-22(26)29/h3-9,12-13,18H,10-11,14H2,1-2H3,(H,24,28). The molecule has 1 atom stereocenters. The van der Waals surface area contributed by atoms with Gasteiger partial charge in [0, 0.05) is 12.3 Å². The number of hydrogen-bond acceptors (Lipinski definition) is 5. The molecule has 0 bridgehead atoms. The first kappa shape index (κ1) is 19.6. The van der Waals surface area contributed by atoms with E-state index in [0.29, 0.717) is 24.8 Å². The van der Waals surface area contributed by atoms with Gasteiger partial charge in [-0.15, -0.1) is 0 Å². The van der Waals surface area contributed by atoms with Crippen LogP contribution in [0.1, 0.15) is 29.3 Å². The van der Waals surface area contributed by atoms with Gasteiger partial charge in [0.1, 0.15) is 12.4 Å². The molecule has 1 aromatic carbocycles. The van der Waals surface area contributed by atoms with Crippen LogP contribution in [0.25, 0.3) is 5.82 Å². The van der Waals surface area contributed by atoms with Crippen LogP contribution in [0.5, 0.6) is 0 Å². The monoisotopic (exact) mass is 405 g/mol. The summed E-state index contributed by atoms with van der Waals surface area (Å²) in [5.74, 6) is 0.935. The van der Waals surface area contributed by atoms with Crippen LogP contribution in [0.3, 0.4) is 0 Å². The molecule has 1 unspecified atom stereocenters. The minimum atomic E-state index is -0.407. The number of nitrogens with zero attached hydrogens (tertiary/aromatic N) is 4. The highest BCUT2D eigenvalue weighted by Gasteiger charge is 2.32. The molecule has 0 spiro atoms. The van der Waals surface area contributed by atoms with Crippen LogP contribution in [0.4, 0.5) is 10.6 Å². The number of rotatable bonds is 6. The molecular weight excluding hydrogens is 382 g/mol. The number of benzene rings is 1. The lowest BCUT2D eigenvalue weighted by Crippen LogP contribution is -2.32. The fraction of sp³-hybridized carbons (Fsp3) is 0.273. The van der Waals surface area contributed by atoms with Crippen molar-refractivity contribution in [3.05, 3.63) is 71.5 Å². The van der Waals surface area contributed by atoms with Crippen molar-refractivity contribution in [3.8, 4) is 5.82 Å². The number of pyridine rings is 1. The highest BCUT2D eigenvalue weighted by atomic mass is 16.6. The molecule has 4 rings (SSSR count). The fourth-order valence-electron chi connectivity index (χ4n) is 3.54. The van der Waals surface area contributed by atoms with Gasteiger partial charge in [-0.2, -0.15) is 9.78 Å². The van der Waals surface area contributed by atoms with Gasteiger partial charge in [0.05, 0.1) is 24.7 Å². The molecule has 1 fully saturated rings. The summed E-state index contributed by atoms with van der Waals surface area (Å²) in [6.07, 6.45) is 1.41. The number of amides is 2. The van der Waals surface area contributed by atoms with Crippen LogP contribution in [0.2, 0.25) is 0 Å². The zero-order valence-corrected chi connectivity index (χ0v) is 16.9. The van der Waals surface area contributed by atoms with E-state index in [1.165, 1.54) is 0 Å². The summed E-state index contributed by atoms with van der Waals surface area (Å²) >= 11 is 0. The molecule has 3 aromatic rings. The van der Waals surface area contributed by atoms with E-state index < -0.39 is 12.1 Å². The molecule has 1 aliphatic rings. The fourth-order valence-corrected chi connectivity index (χ4v) is 3.54. The van der Waals surface area contributed by atoms with E-state index >= 15 is 0 Å². The van der Waals surface area contributed by atoms with Gasteiger partial charge in [0.2, 0.25) is 5.91 Å². The third-order valence-corrected chi connectivity index (χ3v) is 4.95. The van der Waals surface area contributed by atoms with Crippen LogP contribution >= 0.6 is 0 Å². The Kier molecular flexibility index (Phi) is 5.47. The first-order valence-electron chi connectivity index (χ1n) is 9.79. The Bertz CT molecular complexity index is 1060. The minimum Gasteiger partial charge on any atom is -0.448 e. The van der Waals surface area contributed by atoms with Crippen LogP contribution in [0, 0.1) is 13.8 Å². The normalized spacial score (nSPS) is 14.5. The predicted octanol–water partition coefficient (Wildman–Crippen LogP) is 3.41. The largest absolute Gasteiger partial charge is 0.448 e. The Morgan fingerprint density at radius 1 is 1.20 bits per heavy atom. The van der Waals surface area contributed by atoms with Gasteiger partial charge in [-0.3, -0.25) is 9.69 Å². The molecule has 1 N–H and O–H groups in total. The number of anilines is 1. The van der Waals surface area contributed by atoms with Crippen molar-refractivity contribution < 1.29 is 14.3 Å². The Balaban J connectivity index is 1.57. The van der Waals surface area contributed by atoms with Crippen LogP contribution in [0.15, 0.2) is 54.7 Å². The summed E-state index contributed by atoms with van der Waals surface area (Å²) in [6.45, 7) is 4.61. The van der Waals surface area contributed by atoms with Gasteiger partial charge in [0.25, 0.3) is 0 Å². The number of carbonyl (C=O) groups is 2. The molecule has 1 saturated heterocycles. The first-order valence-corrected chi connectivity index (χ1v) is 9.79. The third kappa shape index (κ3) is 4.17. The van der Waals surface area contributed by atoms with Gasteiger partial charge >= 0.3 is 6.09 Å². The Labute approximate surface area is 174 Å².